The van der Waals surface area contributed by atoms with E-state index < -0.39 is 11.9 Å². The number of fused-ring (bicyclic) bond motifs is 1. The molecule has 7 nitrogen and oxygen atoms in total. The number of halogens is 3. The molecule has 122 valence electrons. The minimum atomic E-state index is -4.56. The molecule has 2 aromatic rings. The third-order valence-electron chi connectivity index (χ3n) is 2.98. The summed E-state index contributed by atoms with van der Waals surface area (Å²) in [7, 11) is 3.04. The van der Waals surface area contributed by atoms with Crippen LogP contribution < -0.4 is 4.90 Å². The van der Waals surface area contributed by atoms with Crippen LogP contribution in [-0.4, -0.2) is 60.1 Å². The monoisotopic (exact) mass is 319 g/mol. The van der Waals surface area contributed by atoms with Crippen LogP contribution >= 0.6 is 0 Å². The number of hydrogen-bond donors (Lipinski definition) is 0. The number of methoxy groups -OCH3 is 2. The molecule has 0 N–H and O–H groups in total. The highest BCUT2D eigenvalue weighted by atomic mass is 19.4. The van der Waals surface area contributed by atoms with Gasteiger partial charge in [-0.05, 0) is 0 Å². The number of aromatic nitrogens is 4. The summed E-state index contributed by atoms with van der Waals surface area (Å²) in [5.74, 6) is 0.133. The largest absolute Gasteiger partial charge is 0.433 e. The van der Waals surface area contributed by atoms with Crippen molar-refractivity contribution in [3.63, 3.8) is 0 Å². The van der Waals surface area contributed by atoms with E-state index in [-0.39, 0.29) is 11.6 Å². The standard InChI is InChI=1S/C12H16F3N5O2/c1-21-5-3-19(4-6-22-2)10-7-9(12(13,14)15)18-11-16-8-17-20(10)11/h7-8H,3-6H2,1-2H3. The van der Waals surface area contributed by atoms with Crippen LogP contribution in [0.25, 0.3) is 5.78 Å². The molecule has 0 spiro atoms. The molecule has 0 amide bonds. The van der Waals surface area contributed by atoms with Gasteiger partial charge in [-0.2, -0.15) is 27.8 Å². The lowest BCUT2D eigenvalue weighted by Gasteiger charge is -2.24. The first-order valence-electron chi connectivity index (χ1n) is 6.48. The molecule has 0 aliphatic carbocycles. The smallest absolute Gasteiger partial charge is 0.383 e. The molecule has 0 atom stereocenters. The SMILES string of the molecule is COCCN(CCOC)c1cc(C(F)(F)F)nc2ncnn12. The summed E-state index contributed by atoms with van der Waals surface area (Å²) in [6.45, 7) is 1.47. The summed E-state index contributed by atoms with van der Waals surface area (Å²) in [6.07, 6.45) is -3.40. The van der Waals surface area contributed by atoms with E-state index in [9.17, 15) is 13.2 Å². The molecule has 2 aromatic heterocycles. The molecular weight excluding hydrogens is 303 g/mol. The third kappa shape index (κ3) is 3.63. The Kier molecular flexibility index (Phi) is 5.14. The molecule has 0 bridgehead atoms. The van der Waals surface area contributed by atoms with Crippen LogP contribution in [0.5, 0.6) is 0 Å². The minimum absolute atomic E-state index is 0.107. The first kappa shape index (κ1) is 16.4. The Morgan fingerprint density at radius 3 is 2.36 bits per heavy atom. The summed E-state index contributed by atoms with van der Waals surface area (Å²) in [5, 5.41) is 3.93. The molecule has 2 rings (SSSR count). The van der Waals surface area contributed by atoms with Crippen LogP contribution in [0, 0.1) is 0 Å². The topological polar surface area (TPSA) is 64.8 Å². The van der Waals surface area contributed by atoms with Crippen LogP contribution in [0.1, 0.15) is 5.69 Å². The molecular formula is C12H16F3N5O2. The van der Waals surface area contributed by atoms with Crippen molar-refractivity contribution in [3.05, 3.63) is 18.1 Å². The lowest BCUT2D eigenvalue weighted by Crippen LogP contribution is -2.33. The van der Waals surface area contributed by atoms with Crippen molar-refractivity contribution >= 4 is 11.6 Å². The van der Waals surface area contributed by atoms with Crippen molar-refractivity contribution in [2.75, 3.05) is 45.4 Å². The van der Waals surface area contributed by atoms with E-state index >= 15 is 0 Å². The predicted octanol–water partition coefficient (Wildman–Crippen LogP) is 1.24. The van der Waals surface area contributed by atoms with Crippen LogP contribution in [0.4, 0.5) is 19.0 Å². The third-order valence-corrected chi connectivity index (χ3v) is 2.98. The van der Waals surface area contributed by atoms with E-state index in [0.29, 0.717) is 26.3 Å². The van der Waals surface area contributed by atoms with Gasteiger partial charge in [-0.25, -0.2) is 4.98 Å². The Morgan fingerprint density at radius 1 is 1.18 bits per heavy atom. The van der Waals surface area contributed by atoms with Crippen molar-refractivity contribution in [1.29, 1.82) is 0 Å². The van der Waals surface area contributed by atoms with Crippen molar-refractivity contribution in [2.45, 2.75) is 6.18 Å². The highest BCUT2D eigenvalue weighted by Crippen LogP contribution is 2.30. The Morgan fingerprint density at radius 2 is 1.82 bits per heavy atom. The van der Waals surface area contributed by atoms with Gasteiger partial charge in [0.05, 0.1) is 13.2 Å². The number of rotatable bonds is 7. The Hall–Kier alpha value is -1.94. The van der Waals surface area contributed by atoms with Crippen molar-refractivity contribution in [1.82, 2.24) is 19.6 Å². The Bertz CT molecular complexity index is 608. The molecule has 0 unspecified atom stereocenters. The molecule has 0 aliphatic rings. The molecule has 0 fully saturated rings. The number of ether oxygens (including phenoxy) is 2. The van der Waals surface area contributed by atoms with Gasteiger partial charge in [-0.1, -0.05) is 0 Å². The van der Waals surface area contributed by atoms with Gasteiger partial charge >= 0.3 is 6.18 Å². The van der Waals surface area contributed by atoms with Gasteiger partial charge in [0.15, 0.2) is 5.69 Å². The summed E-state index contributed by atoms with van der Waals surface area (Å²) in [5.41, 5.74) is -1.01. The zero-order valence-electron chi connectivity index (χ0n) is 12.2. The van der Waals surface area contributed by atoms with Gasteiger partial charge in [-0.3, -0.25) is 0 Å². The molecule has 0 saturated carbocycles. The summed E-state index contributed by atoms with van der Waals surface area (Å²) in [4.78, 5) is 8.92. The van der Waals surface area contributed by atoms with E-state index in [1.165, 1.54) is 18.7 Å². The highest BCUT2D eigenvalue weighted by Gasteiger charge is 2.34. The maximum atomic E-state index is 13.0. The van der Waals surface area contributed by atoms with Gasteiger partial charge in [0.1, 0.15) is 12.1 Å². The van der Waals surface area contributed by atoms with Crippen LogP contribution in [0.3, 0.4) is 0 Å². The second-order valence-electron chi connectivity index (χ2n) is 4.44. The van der Waals surface area contributed by atoms with Crippen molar-refractivity contribution in [3.8, 4) is 0 Å². The van der Waals surface area contributed by atoms with Crippen LogP contribution in [0.2, 0.25) is 0 Å². The molecule has 10 heteroatoms. The Labute approximate surface area is 124 Å². The minimum Gasteiger partial charge on any atom is -0.383 e. The summed E-state index contributed by atoms with van der Waals surface area (Å²) >= 11 is 0. The normalized spacial score (nSPS) is 12.0. The molecule has 22 heavy (non-hydrogen) atoms. The quantitative estimate of drug-likeness (QED) is 0.765. The summed E-state index contributed by atoms with van der Waals surface area (Å²) < 4.78 is 50.2. The Balaban J connectivity index is 2.46. The second-order valence-corrected chi connectivity index (χ2v) is 4.44. The van der Waals surface area contributed by atoms with E-state index in [1.54, 1.807) is 4.90 Å². The number of nitrogens with zero attached hydrogens (tertiary/aromatic N) is 5. The molecule has 0 aliphatic heterocycles. The summed E-state index contributed by atoms with van der Waals surface area (Å²) in [6, 6.07) is 0.951. The lowest BCUT2D eigenvalue weighted by molar-refractivity contribution is -0.141. The average Bonchev–Trinajstić information content (AvgIpc) is 2.94. The zero-order valence-corrected chi connectivity index (χ0v) is 12.2. The number of alkyl halides is 3. The van der Waals surface area contributed by atoms with E-state index in [1.807, 2.05) is 0 Å². The van der Waals surface area contributed by atoms with E-state index in [2.05, 4.69) is 15.1 Å². The van der Waals surface area contributed by atoms with Gasteiger partial charge in [0.25, 0.3) is 5.78 Å². The van der Waals surface area contributed by atoms with Gasteiger partial charge in [0, 0.05) is 33.4 Å². The fourth-order valence-corrected chi connectivity index (χ4v) is 1.91. The molecule has 2 heterocycles. The zero-order chi connectivity index (χ0) is 16.2. The maximum Gasteiger partial charge on any atom is 0.433 e. The van der Waals surface area contributed by atoms with E-state index in [4.69, 9.17) is 9.47 Å². The molecule has 0 radical (unpaired) electrons. The highest BCUT2D eigenvalue weighted by molar-refractivity contribution is 5.48. The molecule has 0 aromatic carbocycles. The van der Waals surface area contributed by atoms with Gasteiger partial charge < -0.3 is 14.4 Å². The number of hydrogen-bond acceptors (Lipinski definition) is 6. The van der Waals surface area contributed by atoms with E-state index in [0.717, 1.165) is 12.4 Å². The lowest BCUT2D eigenvalue weighted by atomic mass is 10.3. The molecule has 0 saturated heterocycles. The number of anilines is 1. The first-order chi connectivity index (χ1) is 10.5. The second kappa shape index (κ2) is 6.88. The predicted molar refractivity (Wildman–Crippen MR) is 71.7 cm³/mol. The van der Waals surface area contributed by atoms with Crippen molar-refractivity contribution < 1.29 is 22.6 Å². The fourth-order valence-electron chi connectivity index (χ4n) is 1.91. The van der Waals surface area contributed by atoms with Crippen LogP contribution in [-0.2, 0) is 15.7 Å². The first-order valence-corrected chi connectivity index (χ1v) is 6.48. The van der Waals surface area contributed by atoms with Crippen LogP contribution in [0.15, 0.2) is 12.4 Å². The maximum absolute atomic E-state index is 13.0. The average molecular weight is 319 g/mol. The van der Waals surface area contributed by atoms with Gasteiger partial charge in [-0.15, -0.1) is 0 Å². The fraction of sp³-hybridized carbons (Fsp3) is 0.583. The van der Waals surface area contributed by atoms with Crippen molar-refractivity contribution in [2.24, 2.45) is 0 Å². The van der Waals surface area contributed by atoms with Gasteiger partial charge in [0.2, 0.25) is 0 Å².